The molecule has 0 radical (unpaired) electrons. The Morgan fingerprint density at radius 2 is 1.57 bits per heavy atom. The molecule has 4 rings (SSSR count). The molecule has 0 aromatic heterocycles. The van der Waals surface area contributed by atoms with Crippen molar-refractivity contribution in [1.82, 2.24) is 0 Å². The van der Waals surface area contributed by atoms with E-state index in [1.54, 1.807) is 7.11 Å². The molecule has 0 atom stereocenters. The highest BCUT2D eigenvalue weighted by Gasteiger charge is 2.32. The maximum absolute atomic E-state index is 13.4. The average molecular weight is 398 g/mol. The standard InChI is InChI=1S/C27H27NO2/c1-27(2,3)21-13-9-19(10-14-21)17-24-23-7-5-6-8-25(23)28(26(24)29)18-20-11-15-22(30-4)16-12-20/h5-17H,18H2,1-4H3. The van der Waals surface area contributed by atoms with Crippen molar-refractivity contribution in [2.45, 2.75) is 32.7 Å². The molecule has 30 heavy (non-hydrogen) atoms. The highest BCUT2D eigenvalue weighted by molar-refractivity contribution is 6.35. The Labute approximate surface area is 178 Å². The van der Waals surface area contributed by atoms with Crippen molar-refractivity contribution in [2.75, 3.05) is 12.0 Å². The summed E-state index contributed by atoms with van der Waals surface area (Å²) in [4.78, 5) is 15.2. The van der Waals surface area contributed by atoms with Crippen LogP contribution in [0.15, 0.2) is 72.8 Å². The summed E-state index contributed by atoms with van der Waals surface area (Å²) in [7, 11) is 1.65. The molecule has 0 N–H and O–H groups in total. The molecule has 0 unspecified atom stereocenters. The Morgan fingerprint density at radius 1 is 0.900 bits per heavy atom. The van der Waals surface area contributed by atoms with Gasteiger partial charge in [0.1, 0.15) is 5.75 Å². The number of carbonyl (C=O) groups is 1. The average Bonchev–Trinajstić information content (AvgIpc) is 3.00. The summed E-state index contributed by atoms with van der Waals surface area (Å²) >= 11 is 0. The number of fused-ring (bicyclic) bond motifs is 1. The van der Waals surface area contributed by atoms with Crippen molar-refractivity contribution >= 4 is 23.2 Å². The third kappa shape index (κ3) is 3.88. The molecular weight excluding hydrogens is 370 g/mol. The second-order valence-electron chi connectivity index (χ2n) is 8.69. The van der Waals surface area contributed by atoms with Crippen molar-refractivity contribution in [1.29, 1.82) is 0 Å². The van der Waals surface area contributed by atoms with Gasteiger partial charge >= 0.3 is 0 Å². The normalized spacial score (nSPS) is 14.9. The molecule has 1 amide bonds. The van der Waals surface area contributed by atoms with Crippen LogP contribution in [0.25, 0.3) is 11.6 Å². The van der Waals surface area contributed by atoms with Crippen molar-refractivity contribution in [3.63, 3.8) is 0 Å². The fourth-order valence-corrected chi connectivity index (χ4v) is 3.76. The van der Waals surface area contributed by atoms with Gasteiger partial charge in [0.05, 0.1) is 19.3 Å². The number of para-hydroxylation sites is 1. The molecule has 1 heterocycles. The third-order valence-corrected chi connectivity index (χ3v) is 5.55. The molecule has 0 aliphatic carbocycles. The van der Waals surface area contributed by atoms with E-state index in [4.69, 9.17) is 4.74 Å². The van der Waals surface area contributed by atoms with Crippen molar-refractivity contribution in [3.05, 3.63) is 95.1 Å². The molecule has 1 aliphatic rings. The Balaban J connectivity index is 1.66. The van der Waals surface area contributed by atoms with Gasteiger partial charge in [-0.25, -0.2) is 0 Å². The quantitative estimate of drug-likeness (QED) is 0.499. The summed E-state index contributed by atoms with van der Waals surface area (Å²) in [6.45, 7) is 7.14. The van der Waals surface area contributed by atoms with Gasteiger partial charge in [-0.1, -0.05) is 75.4 Å². The number of carbonyl (C=O) groups excluding carboxylic acids is 1. The van der Waals surface area contributed by atoms with Gasteiger partial charge < -0.3 is 9.64 Å². The van der Waals surface area contributed by atoms with Crippen LogP contribution in [0.1, 0.15) is 43.0 Å². The largest absolute Gasteiger partial charge is 0.497 e. The van der Waals surface area contributed by atoms with E-state index in [0.717, 1.165) is 33.7 Å². The van der Waals surface area contributed by atoms with Crippen LogP contribution in [0.5, 0.6) is 5.75 Å². The molecule has 0 bridgehead atoms. The Kier molecular flexibility index (Phi) is 5.21. The van der Waals surface area contributed by atoms with E-state index >= 15 is 0 Å². The minimum absolute atomic E-state index is 0.0342. The summed E-state index contributed by atoms with van der Waals surface area (Å²) in [5.74, 6) is 0.845. The summed E-state index contributed by atoms with van der Waals surface area (Å²) in [6.07, 6.45) is 2.00. The number of methoxy groups -OCH3 is 1. The van der Waals surface area contributed by atoms with Crippen LogP contribution >= 0.6 is 0 Å². The number of amides is 1. The second-order valence-corrected chi connectivity index (χ2v) is 8.69. The number of hydrogen-bond acceptors (Lipinski definition) is 2. The van der Waals surface area contributed by atoms with E-state index in [2.05, 4.69) is 45.0 Å². The summed E-state index contributed by atoms with van der Waals surface area (Å²) in [6, 6.07) is 24.3. The first-order chi connectivity index (χ1) is 14.4. The topological polar surface area (TPSA) is 29.5 Å². The Hall–Kier alpha value is -3.33. The van der Waals surface area contributed by atoms with Crippen LogP contribution in [0, 0.1) is 0 Å². The smallest absolute Gasteiger partial charge is 0.259 e. The maximum atomic E-state index is 13.4. The van der Waals surface area contributed by atoms with Crippen LogP contribution in [0.2, 0.25) is 0 Å². The molecule has 3 aromatic rings. The van der Waals surface area contributed by atoms with Crippen LogP contribution in [-0.4, -0.2) is 13.0 Å². The predicted molar refractivity (Wildman–Crippen MR) is 124 cm³/mol. The first-order valence-electron chi connectivity index (χ1n) is 10.2. The summed E-state index contributed by atoms with van der Waals surface area (Å²) in [5, 5.41) is 0. The van der Waals surface area contributed by atoms with E-state index in [1.807, 2.05) is 59.5 Å². The van der Waals surface area contributed by atoms with E-state index in [1.165, 1.54) is 5.56 Å². The lowest BCUT2D eigenvalue weighted by atomic mass is 9.86. The first kappa shape index (κ1) is 20.0. The van der Waals surface area contributed by atoms with Gasteiger partial charge in [0.25, 0.3) is 5.91 Å². The van der Waals surface area contributed by atoms with Gasteiger partial charge in [0.15, 0.2) is 0 Å². The van der Waals surface area contributed by atoms with Gasteiger partial charge in [0.2, 0.25) is 0 Å². The fourth-order valence-electron chi connectivity index (χ4n) is 3.76. The van der Waals surface area contributed by atoms with Gasteiger partial charge in [-0.15, -0.1) is 0 Å². The van der Waals surface area contributed by atoms with Crippen LogP contribution in [-0.2, 0) is 16.8 Å². The molecule has 0 fully saturated rings. The monoisotopic (exact) mass is 397 g/mol. The third-order valence-electron chi connectivity index (χ3n) is 5.55. The zero-order valence-corrected chi connectivity index (χ0v) is 18.0. The zero-order chi connectivity index (χ0) is 21.3. The van der Waals surface area contributed by atoms with E-state index < -0.39 is 0 Å². The van der Waals surface area contributed by atoms with Crippen LogP contribution < -0.4 is 9.64 Å². The van der Waals surface area contributed by atoms with E-state index in [0.29, 0.717) is 6.54 Å². The highest BCUT2D eigenvalue weighted by Crippen LogP contribution is 2.38. The number of anilines is 1. The number of rotatable bonds is 4. The molecule has 3 aromatic carbocycles. The highest BCUT2D eigenvalue weighted by atomic mass is 16.5. The van der Waals surface area contributed by atoms with Gasteiger partial charge in [-0.2, -0.15) is 0 Å². The maximum Gasteiger partial charge on any atom is 0.259 e. The van der Waals surface area contributed by atoms with E-state index in [9.17, 15) is 4.79 Å². The van der Waals surface area contributed by atoms with Crippen molar-refractivity contribution in [2.24, 2.45) is 0 Å². The lowest BCUT2D eigenvalue weighted by Crippen LogP contribution is -2.25. The molecule has 0 spiro atoms. The van der Waals surface area contributed by atoms with Crippen LogP contribution in [0.4, 0.5) is 5.69 Å². The molecule has 152 valence electrons. The molecule has 0 saturated carbocycles. The molecule has 1 aliphatic heterocycles. The van der Waals surface area contributed by atoms with E-state index in [-0.39, 0.29) is 11.3 Å². The lowest BCUT2D eigenvalue weighted by Gasteiger charge is -2.19. The minimum Gasteiger partial charge on any atom is -0.497 e. The van der Waals surface area contributed by atoms with Crippen molar-refractivity contribution < 1.29 is 9.53 Å². The zero-order valence-electron chi connectivity index (χ0n) is 18.0. The van der Waals surface area contributed by atoms with Gasteiger partial charge in [-0.3, -0.25) is 4.79 Å². The molecular formula is C27H27NO2. The molecule has 0 saturated heterocycles. The Bertz CT molecular complexity index is 1090. The second kappa shape index (κ2) is 7.83. The van der Waals surface area contributed by atoms with Crippen molar-refractivity contribution in [3.8, 4) is 5.75 Å². The number of nitrogens with zero attached hydrogens (tertiary/aromatic N) is 1. The Morgan fingerprint density at radius 3 is 2.20 bits per heavy atom. The molecule has 3 heteroatoms. The number of hydrogen-bond donors (Lipinski definition) is 0. The summed E-state index contributed by atoms with van der Waals surface area (Å²) < 4.78 is 5.24. The molecule has 3 nitrogen and oxygen atoms in total. The number of benzene rings is 3. The number of ether oxygens (including phenoxy) is 1. The lowest BCUT2D eigenvalue weighted by molar-refractivity contribution is -0.113. The summed E-state index contributed by atoms with van der Waals surface area (Å²) in [5.41, 5.74) is 6.16. The first-order valence-corrected chi connectivity index (χ1v) is 10.2. The minimum atomic E-state index is 0.0342. The van der Waals surface area contributed by atoms with Gasteiger partial charge in [-0.05, 0) is 46.4 Å². The van der Waals surface area contributed by atoms with Gasteiger partial charge in [0, 0.05) is 11.1 Å². The fraction of sp³-hybridized carbons (Fsp3) is 0.222. The SMILES string of the molecule is COc1ccc(CN2C(=O)C(=Cc3ccc(C(C)(C)C)cc3)c3ccccc32)cc1. The van der Waals surface area contributed by atoms with Crippen LogP contribution in [0.3, 0.4) is 0 Å². The predicted octanol–water partition coefficient (Wildman–Crippen LogP) is 6.08.